The van der Waals surface area contributed by atoms with E-state index in [1.54, 1.807) is 0 Å². The summed E-state index contributed by atoms with van der Waals surface area (Å²) >= 11 is 1.83. The molecule has 0 bridgehead atoms. The summed E-state index contributed by atoms with van der Waals surface area (Å²) in [6, 6.07) is 8.92. The Kier molecular flexibility index (Phi) is 3.86. The standard InChI is InChI=1S/C14H19N3S/c1-2-7-13-12(6-1)16-14(17-13)18-10-8-11-5-3-4-9-15-11/h1-2,6-7,11,15H,3-5,8-10H2,(H,16,17)/t11-/m1/s1. The van der Waals surface area contributed by atoms with E-state index in [0.29, 0.717) is 0 Å². The van der Waals surface area contributed by atoms with Crippen LogP contribution < -0.4 is 5.32 Å². The molecule has 0 spiro atoms. The van der Waals surface area contributed by atoms with Crippen molar-refractivity contribution in [2.24, 2.45) is 0 Å². The zero-order valence-electron chi connectivity index (χ0n) is 10.5. The fourth-order valence-corrected chi connectivity index (χ4v) is 3.41. The van der Waals surface area contributed by atoms with Gasteiger partial charge < -0.3 is 10.3 Å². The Balaban J connectivity index is 1.53. The van der Waals surface area contributed by atoms with Crippen molar-refractivity contribution < 1.29 is 0 Å². The van der Waals surface area contributed by atoms with E-state index in [-0.39, 0.29) is 0 Å². The SMILES string of the molecule is c1ccc2[nH]c(SCC[C@H]3CCCCN3)nc2c1. The Labute approximate surface area is 112 Å². The number of nitrogens with zero attached hydrogens (tertiary/aromatic N) is 1. The molecular weight excluding hydrogens is 242 g/mol. The van der Waals surface area contributed by atoms with Gasteiger partial charge in [-0.25, -0.2) is 4.98 Å². The molecule has 1 atom stereocenters. The fourth-order valence-electron chi connectivity index (χ4n) is 2.47. The Morgan fingerprint density at radius 1 is 1.28 bits per heavy atom. The van der Waals surface area contributed by atoms with Crippen LogP contribution in [-0.4, -0.2) is 28.3 Å². The molecule has 2 aromatic rings. The number of para-hydroxylation sites is 2. The topological polar surface area (TPSA) is 40.7 Å². The van der Waals surface area contributed by atoms with Crippen LogP contribution in [0.3, 0.4) is 0 Å². The first-order valence-electron chi connectivity index (χ1n) is 6.73. The van der Waals surface area contributed by atoms with Crippen molar-refractivity contribution in [1.82, 2.24) is 15.3 Å². The lowest BCUT2D eigenvalue weighted by Crippen LogP contribution is -2.34. The number of aromatic amines is 1. The molecule has 0 amide bonds. The van der Waals surface area contributed by atoms with E-state index in [1.807, 2.05) is 23.9 Å². The Hall–Kier alpha value is -1.00. The lowest BCUT2D eigenvalue weighted by Gasteiger charge is -2.22. The minimum absolute atomic E-state index is 0.718. The largest absolute Gasteiger partial charge is 0.333 e. The molecule has 1 aromatic carbocycles. The number of hydrogen-bond donors (Lipinski definition) is 2. The van der Waals surface area contributed by atoms with E-state index in [2.05, 4.69) is 27.4 Å². The fraction of sp³-hybridized carbons (Fsp3) is 0.500. The van der Waals surface area contributed by atoms with E-state index in [1.165, 1.54) is 32.2 Å². The van der Waals surface area contributed by atoms with Crippen LogP contribution in [0.25, 0.3) is 11.0 Å². The van der Waals surface area contributed by atoms with E-state index < -0.39 is 0 Å². The second kappa shape index (κ2) is 5.76. The van der Waals surface area contributed by atoms with Gasteiger partial charge in [-0.2, -0.15) is 0 Å². The third-order valence-electron chi connectivity index (χ3n) is 3.49. The van der Waals surface area contributed by atoms with Gasteiger partial charge in [0.1, 0.15) is 0 Å². The van der Waals surface area contributed by atoms with Gasteiger partial charge in [0.25, 0.3) is 0 Å². The molecule has 1 fully saturated rings. The average molecular weight is 261 g/mol. The number of aromatic nitrogens is 2. The van der Waals surface area contributed by atoms with Crippen molar-refractivity contribution in [3.8, 4) is 0 Å². The number of H-pyrrole nitrogens is 1. The highest BCUT2D eigenvalue weighted by Crippen LogP contribution is 2.21. The predicted molar refractivity (Wildman–Crippen MR) is 77.1 cm³/mol. The van der Waals surface area contributed by atoms with Crippen LogP contribution in [0.4, 0.5) is 0 Å². The molecule has 3 rings (SSSR count). The number of imidazole rings is 1. The van der Waals surface area contributed by atoms with Crippen molar-refractivity contribution >= 4 is 22.8 Å². The number of fused-ring (bicyclic) bond motifs is 1. The quantitative estimate of drug-likeness (QED) is 0.830. The maximum absolute atomic E-state index is 4.58. The Morgan fingerprint density at radius 2 is 2.22 bits per heavy atom. The third-order valence-corrected chi connectivity index (χ3v) is 4.39. The number of nitrogens with one attached hydrogen (secondary N) is 2. The second-order valence-corrected chi connectivity index (χ2v) is 5.93. The third kappa shape index (κ3) is 2.87. The van der Waals surface area contributed by atoms with E-state index in [4.69, 9.17) is 0 Å². The number of hydrogen-bond acceptors (Lipinski definition) is 3. The lowest BCUT2D eigenvalue weighted by molar-refractivity contribution is 0.394. The minimum atomic E-state index is 0.718. The normalized spacial score (nSPS) is 20.3. The molecule has 2 N–H and O–H groups in total. The first kappa shape index (κ1) is 12.1. The predicted octanol–water partition coefficient (Wildman–Crippen LogP) is 3.19. The summed E-state index contributed by atoms with van der Waals surface area (Å²) in [6.45, 7) is 1.19. The maximum atomic E-state index is 4.58. The van der Waals surface area contributed by atoms with Crippen LogP contribution in [0.5, 0.6) is 0 Å². The second-order valence-electron chi connectivity index (χ2n) is 4.84. The molecule has 1 aliphatic heterocycles. The van der Waals surface area contributed by atoms with Crippen molar-refractivity contribution in [2.75, 3.05) is 12.3 Å². The number of thioether (sulfide) groups is 1. The summed E-state index contributed by atoms with van der Waals surface area (Å²) in [6.07, 6.45) is 5.29. The number of rotatable bonds is 4. The molecule has 0 unspecified atom stereocenters. The van der Waals surface area contributed by atoms with Crippen LogP contribution in [0.15, 0.2) is 29.4 Å². The molecule has 0 aliphatic carbocycles. The van der Waals surface area contributed by atoms with Gasteiger partial charge in [0, 0.05) is 11.8 Å². The van der Waals surface area contributed by atoms with E-state index >= 15 is 0 Å². The zero-order chi connectivity index (χ0) is 12.2. The van der Waals surface area contributed by atoms with Gasteiger partial charge in [-0.1, -0.05) is 30.3 Å². The smallest absolute Gasteiger partial charge is 0.166 e. The zero-order valence-corrected chi connectivity index (χ0v) is 11.3. The van der Waals surface area contributed by atoms with Crippen LogP contribution in [-0.2, 0) is 0 Å². The highest BCUT2D eigenvalue weighted by atomic mass is 32.2. The molecular formula is C14H19N3S. The van der Waals surface area contributed by atoms with Crippen LogP contribution in [0.1, 0.15) is 25.7 Å². The summed E-state index contributed by atoms with van der Waals surface area (Å²) in [5.74, 6) is 1.14. The minimum Gasteiger partial charge on any atom is -0.333 e. The molecule has 2 heterocycles. The van der Waals surface area contributed by atoms with Crippen LogP contribution in [0.2, 0.25) is 0 Å². The Morgan fingerprint density at radius 3 is 3.06 bits per heavy atom. The number of piperidine rings is 1. The molecule has 1 aliphatic rings. The van der Waals surface area contributed by atoms with Gasteiger partial charge in [0.2, 0.25) is 0 Å². The summed E-state index contributed by atoms with van der Waals surface area (Å²) in [7, 11) is 0. The summed E-state index contributed by atoms with van der Waals surface area (Å²) in [4.78, 5) is 7.95. The maximum Gasteiger partial charge on any atom is 0.166 e. The van der Waals surface area contributed by atoms with Crippen molar-refractivity contribution in [3.05, 3.63) is 24.3 Å². The molecule has 4 heteroatoms. The first-order valence-corrected chi connectivity index (χ1v) is 7.71. The molecule has 0 radical (unpaired) electrons. The highest BCUT2D eigenvalue weighted by Gasteiger charge is 2.12. The van der Waals surface area contributed by atoms with Crippen molar-refractivity contribution in [1.29, 1.82) is 0 Å². The van der Waals surface area contributed by atoms with Crippen molar-refractivity contribution in [2.45, 2.75) is 36.9 Å². The number of benzene rings is 1. The Bertz CT molecular complexity index is 469. The van der Waals surface area contributed by atoms with E-state index in [0.717, 1.165) is 28.0 Å². The molecule has 1 saturated heterocycles. The average Bonchev–Trinajstić information content (AvgIpc) is 2.82. The van der Waals surface area contributed by atoms with Gasteiger partial charge in [0.15, 0.2) is 5.16 Å². The summed E-state index contributed by atoms with van der Waals surface area (Å²) in [5.41, 5.74) is 2.20. The highest BCUT2D eigenvalue weighted by molar-refractivity contribution is 7.99. The monoisotopic (exact) mass is 261 g/mol. The van der Waals surface area contributed by atoms with Gasteiger partial charge in [0.05, 0.1) is 11.0 Å². The van der Waals surface area contributed by atoms with Gasteiger partial charge in [-0.05, 0) is 37.9 Å². The van der Waals surface area contributed by atoms with Gasteiger partial charge >= 0.3 is 0 Å². The molecule has 1 aromatic heterocycles. The van der Waals surface area contributed by atoms with Crippen LogP contribution in [0, 0.1) is 0 Å². The van der Waals surface area contributed by atoms with Crippen LogP contribution >= 0.6 is 11.8 Å². The van der Waals surface area contributed by atoms with Gasteiger partial charge in [-0.3, -0.25) is 0 Å². The van der Waals surface area contributed by atoms with Crippen molar-refractivity contribution in [3.63, 3.8) is 0 Å². The summed E-state index contributed by atoms with van der Waals surface area (Å²) in [5, 5.41) is 4.64. The molecule has 18 heavy (non-hydrogen) atoms. The molecule has 96 valence electrons. The lowest BCUT2D eigenvalue weighted by atomic mass is 10.0. The molecule has 0 saturated carbocycles. The van der Waals surface area contributed by atoms with Gasteiger partial charge in [-0.15, -0.1) is 0 Å². The van der Waals surface area contributed by atoms with E-state index in [9.17, 15) is 0 Å². The first-order chi connectivity index (χ1) is 8.92. The molecule has 3 nitrogen and oxygen atoms in total. The summed E-state index contributed by atoms with van der Waals surface area (Å²) < 4.78 is 0.